The van der Waals surface area contributed by atoms with E-state index in [1.165, 1.54) is 5.56 Å². The van der Waals surface area contributed by atoms with Crippen LogP contribution in [-0.2, 0) is 16.0 Å². The fraction of sp³-hybridized carbons (Fsp3) is 0.235. The summed E-state index contributed by atoms with van der Waals surface area (Å²) in [6.45, 7) is 2.33. The lowest BCUT2D eigenvalue weighted by Gasteiger charge is -2.07. The molecule has 3 nitrogen and oxygen atoms in total. The molecule has 1 atom stereocenters. The van der Waals surface area contributed by atoms with Crippen LogP contribution in [0.1, 0.15) is 17.1 Å². The van der Waals surface area contributed by atoms with Gasteiger partial charge in [0, 0.05) is 11.5 Å². The topological polar surface area (TPSA) is 39.4 Å². The van der Waals surface area contributed by atoms with Gasteiger partial charge in [-0.1, -0.05) is 30.3 Å². The van der Waals surface area contributed by atoms with Gasteiger partial charge >= 0.3 is 5.97 Å². The Morgan fingerprint density at radius 1 is 1.20 bits per heavy atom. The second-order valence-corrected chi connectivity index (χ2v) is 5.03. The second kappa shape index (κ2) is 5.37. The van der Waals surface area contributed by atoms with E-state index in [0.29, 0.717) is 17.9 Å². The summed E-state index contributed by atoms with van der Waals surface area (Å²) in [5.41, 5.74) is 1.90. The molecule has 3 rings (SSSR count). The Balaban J connectivity index is 1.83. The Bertz CT molecular complexity index is 637. The maximum absolute atomic E-state index is 11.9. The number of hydrogen-bond donors (Lipinski definition) is 0. The molecule has 0 aliphatic carbocycles. The highest BCUT2D eigenvalue weighted by Crippen LogP contribution is 2.27. The van der Waals surface area contributed by atoms with Crippen LogP contribution in [0.25, 0.3) is 6.08 Å². The van der Waals surface area contributed by atoms with Crippen LogP contribution < -0.4 is 0 Å². The van der Waals surface area contributed by atoms with Crippen molar-refractivity contribution < 1.29 is 13.9 Å². The Labute approximate surface area is 117 Å². The number of esters is 1. The normalized spacial score (nSPS) is 20.4. The third-order valence-electron chi connectivity index (χ3n) is 3.47. The largest absolute Gasteiger partial charge is 0.462 e. The summed E-state index contributed by atoms with van der Waals surface area (Å²) in [4.78, 5) is 11.9. The number of rotatable bonds is 3. The van der Waals surface area contributed by atoms with Gasteiger partial charge in [0.05, 0.1) is 6.61 Å². The average molecular weight is 268 g/mol. The molecule has 1 aliphatic rings. The fourth-order valence-corrected chi connectivity index (χ4v) is 2.44. The fourth-order valence-electron chi connectivity index (χ4n) is 2.44. The van der Waals surface area contributed by atoms with Crippen LogP contribution in [0.15, 0.2) is 52.5 Å². The molecule has 1 aromatic heterocycles. The number of carbonyl (C=O) groups excluding carboxylic acids is 1. The van der Waals surface area contributed by atoms with Crippen molar-refractivity contribution in [2.24, 2.45) is 5.92 Å². The van der Waals surface area contributed by atoms with Gasteiger partial charge in [-0.15, -0.1) is 0 Å². The zero-order chi connectivity index (χ0) is 13.9. The number of carbonyl (C=O) groups is 1. The van der Waals surface area contributed by atoms with Crippen molar-refractivity contribution in [2.75, 3.05) is 6.61 Å². The van der Waals surface area contributed by atoms with Gasteiger partial charge in [-0.3, -0.25) is 0 Å². The molecule has 1 aliphatic heterocycles. The van der Waals surface area contributed by atoms with Gasteiger partial charge in [-0.05, 0) is 37.1 Å². The molecule has 2 heterocycles. The molecule has 1 unspecified atom stereocenters. The lowest BCUT2D eigenvalue weighted by atomic mass is 9.93. The average Bonchev–Trinajstić information content (AvgIpc) is 3.01. The van der Waals surface area contributed by atoms with Gasteiger partial charge < -0.3 is 9.15 Å². The first-order valence-corrected chi connectivity index (χ1v) is 6.71. The molecule has 1 aromatic carbocycles. The zero-order valence-electron chi connectivity index (χ0n) is 11.3. The van der Waals surface area contributed by atoms with E-state index in [9.17, 15) is 4.79 Å². The third kappa shape index (κ3) is 2.67. The third-order valence-corrected chi connectivity index (χ3v) is 3.47. The van der Waals surface area contributed by atoms with Crippen molar-refractivity contribution in [1.82, 2.24) is 0 Å². The monoisotopic (exact) mass is 268 g/mol. The molecule has 0 spiro atoms. The van der Waals surface area contributed by atoms with Crippen molar-refractivity contribution in [3.05, 3.63) is 65.1 Å². The summed E-state index contributed by atoms with van der Waals surface area (Å²) in [6, 6.07) is 13.9. The van der Waals surface area contributed by atoms with Crippen LogP contribution in [0.5, 0.6) is 0 Å². The maximum Gasteiger partial charge on any atom is 0.334 e. The highest BCUT2D eigenvalue weighted by atomic mass is 16.5. The molecular formula is C17H16O3. The molecule has 0 amide bonds. The summed E-state index contributed by atoms with van der Waals surface area (Å²) >= 11 is 0. The predicted octanol–water partition coefficient (Wildman–Crippen LogP) is 3.39. The van der Waals surface area contributed by atoms with Crippen molar-refractivity contribution in [3.8, 4) is 0 Å². The summed E-state index contributed by atoms with van der Waals surface area (Å²) in [6.07, 6.45) is 2.61. The summed E-state index contributed by atoms with van der Waals surface area (Å²) in [5, 5.41) is 0. The van der Waals surface area contributed by atoms with Gasteiger partial charge in [0.25, 0.3) is 0 Å². The van der Waals surface area contributed by atoms with Gasteiger partial charge in [0.2, 0.25) is 0 Å². The van der Waals surface area contributed by atoms with E-state index >= 15 is 0 Å². The molecule has 102 valence electrons. The number of furan rings is 1. The minimum Gasteiger partial charge on any atom is -0.462 e. The van der Waals surface area contributed by atoms with Crippen molar-refractivity contribution in [2.45, 2.75) is 13.3 Å². The number of cyclic esters (lactones) is 1. The Kier molecular flexibility index (Phi) is 3.42. The molecule has 1 fully saturated rings. The van der Waals surface area contributed by atoms with Crippen LogP contribution >= 0.6 is 0 Å². The van der Waals surface area contributed by atoms with E-state index in [1.54, 1.807) is 6.08 Å². The van der Waals surface area contributed by atoms with Crippen LogP contribution in [0, 0.1) is 12.8 Å². The number of aryl methyl sites for hydroxylation is 1. The van der Waals surface area contributed by atoms with E-state index in [4.69, 9.17) is 9.15 Å². The van der Waals surface area contributed by atoms with Gasteiger partial charge in [0.15, 0.2) is 0 Å². The molecule has 0 saturated carbocycles. The van der Waals surface area contributed by atoms with E-state index in [-0.39, 0.29) is 11.9 Å². The minimum absolute atomic E-state index is 0.0929. The molecular weight excluding hydrogens is 252 g/mol. The summed E-state index contributed by atoms with van der Waals surface area (Å²) < 4.78 is 10.7. The number of ether oxygens (including phenoxy) is 1. The van der Waals surface area contributed by atoms with E-state index in [2.05, 4.69) is 12.1 Å². The first-order valence-electron chi connectivity index (χ1n) is 6.71. The molecule has 0 radical (unpaired) electrons. The standard InChI is InChI=1S/C17H16O3/c1-12-7-8-15(20-12)10-16-14(11-19-17(16)18)9-13-5-3-2-4-6-13/h2-8,10,14H,9,11H2,1H3. The molecule has 2 aromatic rings. The van der Waals surface area contributed by atoms with Crippen LogP contribution in [-0.4, -0.2) is 12.6 Å². The van der Waals surface area contributed by atoms with Crippen LogP contribution in [0.2, 0.25) is 0 Å². The Morgan fingerprint density at radius 3 is 2.70 bits per heavy atom. The van der Waals surface area contributed by atoms with Crippen molar-refractivity contribution in [3.63, 3.8) is 0 Å². The summed E-state index contributed by atoms with van der Waals surface area (Å²) in [7, 11) is 0. The predicted molar refractivity (Wildman–Crippen MR) is 76.0 cm³/mol. The minimum atomic E-state index is -0.236. The van der Waals surface area contributed by atoms with Crippen molar-refractivity contribution >= 4 is 12.0 Å². The highest BCUT2D eigenvalue weighted by Gasteiger charge is 2.30. The smallest absolute Gasteiger partial charge is 0.334 e. The molecule has 20 heavy (non-hydrogen) atoms. The van der Waals surface area contributed by atoms with Gasteiger partial charge in [-0.2, -0.15) is 0 Å². The number of hydrogen-bond acceptors (Lipinski definition) is 3. The Hall–Kier alpha value is -2.29. The number of benzene rings is 1. The second-order valence-electron chi connectivity index (χ2n) is 5.03. The molecule has 0 bridgehead atoms. The first kappa shape index (κ1) is 12.7. The molecule has 0 N–H and O–H groups in total. The first-order chi connectivity index (χ1) is 9.72. The van der Waals surface area contributed by atoms with E-state index in [0.717, 1.165) is 12.2 Å². The van der Waals surface area contributed by atoms with Crippen molar-refractivity contribution in [1.29, 1.82) is 0 Å². The quantitative estimate of drug-likeness (QED) is 0.632. The molecule has 1 saturated heterocycles. The maximum atomic E-state index is 11.9. The van der Waals surface area contributed by atoms with E-state index in [1.807, 2.05) is 37.3 Å². The van der Waals surface area contributed by atoms with Gasteiger partial charge in [0.1, 0.15) is 11.5 Å². The summed E-state index contributed by atoms with van der Waals surface area (Å²) in [5.74, 6) is 1.40. The zero-order valence-corrected chi connectivity index (χ0v) is 11.3. The Morgan fingerprint density at radius 2 is 2.00 bits per heavy atom. The lowest BCUT2D eigenvalue weighted by molar-refractivity contribution is -0.135. The van der Waals surface area contributed by atoms with Gasteiger partial charge in [-0.25, -0.2) is 4.79 Å². The SMILES string of the molecule is Cc1ccc(C=C2C(=O)OCC2Cc2ccccc2)o1. The van der Waals surface area contributed by atoms with Crippen LogP contribution in [0.3, 0.4) is 0 Å². The molecule has 3 heteroatoms. The highest BCUT2D eigenvalue weighted by molar-refractivity contribution is 5.95. The van der Waals surface area contributed by atoms with Crippen LogP contribution in [0.4, 0.5) is 0 Å². The lowest BCUT2D eigenvalue weighted by Crippen LogP contribution is -2.07. The van der Waals surface area contributed by atoms with E-state index < -0.39 is 0 Å².